The normalized spacial score (nSPS) is 24.3. The lowest BCUT2D eigenvalue weighted by Crippen LogP contribution is -2.30. The van der Waals surface area contributed by atoms with Gasteiger partial charge < -0.3 is 15.0 Å². The van der Waals surface area contributed by atoms with Crippen LogP contribution in [0.3, 0.4) is 0 Å². The van der Waals surface area contributed by atoms with Crippen molar-refractivity contribution >= 4 is 5.82 Å². The van der Waals surface area contributed by atoms with Crippen molar-refractivity contribution in [2.45, 2.75) is 31.6 Å². The summed E-state index contributed by atoms with van der Waals surface area (Å²) in [6.07, 6.45) is 6.64. The summed E-state index contributed by atoms with van der Waals surface area (Å²) in [7, 11) is 2.21. The minimum absolute atomic E-state index is 0.447. The molecule has 1 aromatic heterocycles. The number of aromatic nitrogens is 2. The molecule has 1 N–H and O–H groups in total. The summed E-state index contributed by atoms with van der Waals surface area (Å²) in [6, 6.07) is 2.09. The van der Waals surface area contributed by atoms with Crippen molar-refractivity contribution in [1.29, 1.82) is 0 Å². The summed E-state index contributed by atoms with van der Waals surface area (Å²) in [4.78, 5) is 11.1. The summed E-state index contributed by atoms with van der Waals surface area (Å²) in [5.41, 5.74) is 1.12. The molecule has 5 heteroatoms. The first-order valence-corrected chi connectivity index (χ1v) is 8.13. The number of anilines is 1. The second kappa shape index (κ2) is 7.18. The topological polar surface area (TPSA) is 50.3 Å². The predicted octanol–water partition coefficient (Wildman–Crippen LogP) is 2.12. The molecule has 2 saturated heterocycles. The molecule has 3 heterocycles. The molecule has 0 aliphatic carbocycles. The van der Waals surface area contributed by atoms with Gasteiger partial charge in [0.1, 0.15) is 12.1 Å². The fourth-order valence-corrected chi connectivity index (χ4v) is 3.22. The Kier molecular flexibility index (Phi) is 5.04. The average Bonchev–Trinajstić information content (AvgIpc) is 3.04. The van der Waals surface area contributed by atoms with E-state index in [-0.39, 0.29) is 0 Å². The fraction of sp³-hybridized carbons (Fsp3) is 0.750. The van der Waals surface area contributed by atoms with Crippen LogP contribution in [-0.4, -0.2) is 54.8 Å². The minimum atomic E-state index is 0.447. The van der Waals surface area contributed by atoms with Gasteiger partial charge in [0.05, 0.1) is 12.3 Å². The number of nitrogens with one attached hydrogen (secondary N) is 1. The van der Waals surface area contributed by atoms with E-state index < -0.39 is 0 Å². The number of likely N-dealkylation sites (tertiary alicyclic amines) is 1. The third-order valence-electron chi connectivity index (χ3n) is 4.73. The van der Waals surface area contributed by atoms with Crippen molar-refractivity contribution in [2.75, 3.05) is 45.2 Å². The van der Waals surface area contributed by atoms with Crippen LogP contribution in [0.1, 0.15) is 37.3 Å². The molecule has 1 aromatic rings. The first kappa shape index (κ1) is 14.7. The van der Waals surface area contributed by atoms with Crippen molar-refractivity contribution in [2.24, 2.45) is 5.92 Å². The minimum Gasteiger partial charge on any atom is -0.381 e. The molecule has 0 spiro atoms. The lowest BCUT2D eigenvalue weighted by molar-refractivity contribution is 0.193. The summed E-state index contributed by atoms with van der Waals surface area (Å²) in [6.45, 7) is 5.14. The number of piperidine rings is 1. The van der Waals surface area contributed by atoms with Crippen LogP contribution in [0, 0.1) is 5.92 Å². The highest BCUT2D eigenvalue weighted by atomic mass is 16.5. The van der Waals surface area contributed by atoms with E-state index >= 15 is 0 Å². The van der Waals surface area contributed by atoms with Gasteiger partial charge in [0.25, 0.3) is 0 Å². The molecule has 2 fully saturated rings. The summed E-state index contributed by atoms with van der Waals surface area (Å²) >= 11 is 0. The smallest absolute Gasteiger partial charge is 0.129 e. The van der Waals surface area contributed by atoms with Crippen LogP contribution in [0.25, 0.3) is 0 Å². The highest BCUT2D eigenvalue weighted by Crippen LogP contribution is 2.24. The standard InChI is InChI=1S/C16H26N4O/c1-20-7-3-13(4-8-20)2-6-17-16-10-15(18-12-19-16)14-5-9-21-11-14/h10,12-14H,2-9,11H2,1H3,(H,17,18,19)/t14-/m0/s1. The van der Waals surface area contributed by atoms with Crippen molar-refractivity contribution < 1.29 is 4.74 Å². The maximum Gasteiger partial charge on any atom is 0.129 e. The van der Waals surface area contributed by atoms with E-state index in [0.29, 0.717) is 5.92 Å². The molecule has 0 bridgehead atoms. The van der Waals surface area contributed by atoms with Crippen LogP contribution in [0.5, 0.6) is 0 Å². The second-order valence-electron chi connectivity index (χ2n) is 6.35. The Morgan fingerprint density at radius 2 is 2.14 bits per heavy atom. The zero-order valence-electron chi connectivity index (χ0n) is 12.9. The van der Waals surface area contributed by atoms with E-state index in [4.69, 9.17) is 4.74 Å². The Bertz CT molecular complexity index is 440. The van der Waals surface area contributed by atoms with Gasteiger partial charge in [-0.3, -0.25) is 0 Å². The lowest BCUT2D eigenvalue weighted by Gasteiger charge is -2.28. The quantitative estimate of drug-likeness (QED) is 0.900. The Morgan fingerprint density at radius 1 is 1.29 bits per heavy atom. The lowest BCUT2D eigenvalue weighted by atomic mass is 9.94. The number of rotatable bonds is 5. The van der Waals surface area contributed by atoms with E-state index in [2.05, 4.69) is 33.3 Å². The molecule has 116 valence electrons. The van der Waals surface area contributed by atoms with Gasteiger partial charge in [-0.25, -0.2) is 9.97 Å². The van der Waals surface area contributed by atoms with Gasteiger partial charge >= 0.3 is 0 Å². The average molecular weight is 290 g/mol. The number of hydrogen-bond acceptors (Lipinski definition) is 5. The SMILES string of the molecule is CN1CCC(CCNc2cc([C@H]3CCOC3)ncn2)CC1. The van der Waals surface area contributed by atoms with E-state index in [0.717, 1.165) is 43.6 Å². The maximum atomic E-state index is 5.44. The molecule has 5 nitrogen and oxygen atoms in total. The van der Waals surface area contributed by atoms with E-state index in [1.165, 1.54) is 32.4 Å². The van der Waals surface area contributed by atoms with Crippen LogP contribution in [0.4, 0.5) is 5.82 Å². The van der Waals surface area contributed by atoms with Crippen molar-refractivity contribution in [3.63, 3.8) is 0 Å². The largest absolute Gasteiger partial charge is 0.381 e. The molecule has 3 rings (SSSR count). The monoisotopic (exact) mass is 290 g/mol. The highest BCUT2D eigenvalue weighted by molar-refractivity contribution is 5.35. The highest BCUT2D eigenvalue weighted by Gasteiger charge is 2.19. The molecule has 2 aliphatic rings. The number of hydrogen-bond donors (Lipinski definition) is 1. The molecule has 1 atom stereocenters. The van der Waals surface area contributed by atoms with Gasteiger partial charge in [-0.1, -0.05) is 0 Å². The van der Waals surface area contributed by atoms with Crippen LogP contribution < -0.4 is 5.32 Å². The Morgan fingerprint density at radius 3 is 2.90 bits per heavy atom. The van der Waals surface area contributed by atoms with Crippen LogP contribution in [0.15, 0.2) is 12.4 Å². The van der Waals surface area contributed by atoms with Gasteiger partial charge in [-0.05, 0) is 51.7 Å². The summed E-state index contributed by atoms with van der Waals surface area (Å²) < 4.78 is 5.44. The van der Waals surface area contributed by atoms with Gasteiger partial charge in [0.2, 0.25) is 0 Å². The van der Waals surface area contributed by atoms with Crippen LogP contribution in [0.2, 0.25) is 0 Å². The summed E-state index contributed by atoms with van der Waals surface area (Å²) in [5.74, 6) is 2.26. The third kappa shape index (κ3) is 4.14. The van der Waals surface area contributed by atoms with E-state index in [1.54, 1.807) is 6.33 Å². The molecular weight excluding hydrogens is 264 g/mol. The van der Waals surface area contributed by atoms with E-state index in [1.807, 2.05) is 0 Å². The number of nitrogens with zero attached hydrogens (tertiary/aromatic N) is 3. The molecule has 0 saturated carbocycles. The molecule has 0 unspecified atom stereocenters. The Balaban J connectivity index is 1.45. The molecule has 0 radical (unpaired) electrons. The Labute approximate surface area is 127 Å². The third-order valence-corrected chi connectivity index (χ3v) is 4.73. The zero-order valence-corrected chi connectivity index (χ0v) is 12.9. The molecular formula is C16H26N4O. The van der Waals surface area contributed by atoms with Gasteiger partial charge in [-0.15, -0.1) is 0 Å². The van der Waals surface area contributed by atoms with Crippen molar-refractivity contribution in [3.8, 4) is 0 Å². The zero-order chi connectivity index (χ0) is 14.5. The summed E-state index contributed by atoms with van der Waals surface area (Å²) in [5, 5.41) is 3.46. The van der Waals surface area contributed by atoms with Crippen molar-refractivity contribution in [1.82, 2.24) is 14.9 Å². The molecule has 21 heavy (non-hydrogen) atoms. The second-order valence-corrected chi connectivity index (χ2v) is 6.35. The first-order chi connectivity index (χ1) is 10.3. The first-order valence-electron chi connectivity index (χ1n) is 8.13. The van der Waals surface area contributed by atoms with Gasteiger partial charge in [0, 0.05) is 25.1 Å². The fourth-order valence-electron chi connectivity index (χ4n) is 3.22. The molecule has 0 amide bonds. The van der Waals surface area contributed by atoms with E-state index in [9.17, 15) is 0 Å². The predicted molar refractivity (Wildman–Crippen MR) is 83.5 cm³/mol. The number of ether oxygens (including phenoxy) is 1. The maximum absolute atomic E-state index is 5.44. The van der Waals surface area contributed by atoms with Crippen LogP contribution in [-0.2, 0) is 4.74 Å². The van der Waals surface area contributed by atoms with Gasteiger partial charge in [-0.2, -0.15) is 0 Å². The molecule has 0 aromatic carbocycles. The van der Waals surface area contributed by atoms with Gasteiger partial charge in [0.15, 0.2) is 0 Å². The van der Waals surface area contributed by atoms with Crippen molar-refractivity contribution in [3.05, 3.63) is 18.1 Å². The Hall–Kier alpha value is -1.20. The molecule has 2 aliphatic heterocycles. The van der Waals surface area contributed by atoms with Crippen LogP contribution >= 0.6 is 0 Å².